The minimum absolute atomic E-state index is 0.330. The Bertz CT molecular complexity index is 427. The highest BCUT2D eigenvalue weighted by Crippen LogP contribution is 2.14. The van der Waals surface area contributed by atoms with E-state index in [2.05, 4.69) is 0 Å². The third-order valence-corrected chi connectivity index (χ3v) is 7.10. The highest BCUT2D eigenvalue weighted by atomic mass is 16.4. The lowest BCUT2D eigenvalue weighted by Crippen LogP contribution is -1.93. The first-order valence-electron chi connectivity index (χ1n) is 16.2. The van der Waals surface area contributed by atoms with Gasteiger partial charge >= 0.3 is 11.9 Å². The molecule has 0 aromatic rings. The SMILES string of the molecule is O=C(O)CCCCCCCCCCCCCCCO.O=C(O)CCCCCCCCCCCCCCCO. The Morgan fingerprint density at radius 1 is 0.289 bits per heavy atom. The Hall–Kier alpha value is -1.14. The number of carbonyl (C=O) groups is 2. The predicted molar refractivity (Wildman–Crippen MR) is 159 cm³/mol. The maximum absolute atomic E-state index is 10.3. The van der Waals surface area contributed by atoms with Crippen LogP contribution in [0.15, 0.2) is 0 Å². The van der Waals surface area contributed by atoms with Crippen molar-refractivity contribution in [3.63, 3.8) is 0 Å². The average molecular weight is 545 g/mol. The number of hydrogen-bond acceptors (Lipinski definition) is 4. The van der Waals surface area contributed by atoms with E-state index in [-0.39, 0.29) is 0 Å². The Labute approximate surface area is 235 Å². The van der Waals surface area contributed by atoms with Crippen LogP contribution in [0.5, 0.6) is 0 Å². The normalized spacial score (nSPS) is 10.8. The predicted octanol–water partition coefficient (Wildman–Crippen LogP) is 9.05. The third kappa shape index (κ3) is 42.0. The van der Waals surface area contributed by atoms with Gasteiger partial charge in [-0.2, -0.15) is 0 Å². The van der Waals surface area contributed by atoms with Gasteiger partial charge in [-0.25, -0.2) is 0 Å². The topological polar surface area (TPSA) is 115 Å². The van der Waals surface area contributed by atoms with Gasteiger partial charge < -0.3 is 20.4 Å². The van der Waals surface area contributed by atoms with Gasteiger partial charge in [-0.1, -0.05) is 141 Å². The quantitative estimate of drug-likeness (QED) is 0.0670. The van der Waals surface area contributed by atoms with E-state index in [1.165, 1.54) is 128 Å². The standard InChI is InChI=1S/2C16H32O3/c2*17-15-13-11-9-7-5-3-1-2-4-6-8-10-12-14-16(18)19/h2*17H,1-15H2,(H,18,19). The van der Waals surface area contributed by atoms with E-state index in [1.807, 2.05) is 0 Å². The molecule has 0 aliphatic carbocycles. The van der Waals surface area contributed by atoms with Crippen molar-refractivity contribution in [1.29, 1.82) is 0 Å². The van der Waals surface area contributed by atoms with E-state index in [0.29, 0.717) is 26.1 Å². The van der Waals surface area contributed by atoms with Crippen LogP contribution < -0.4 is 0 Å². The number of carboxylic acid groups (broad SMARTS) is 2. The molecule has 0 aromatic heterocycles. The van der Waals surface area contributed by atoms with Crippen LogP contribution in [0.1, 0.15) is 180 Å². The van der Waals surface area contributed by atoms with E-state index >= 15 is 0 Å². The number of aliphatic hydroxyl groups is 2. The highest BCUT2D eigenvalue weighted by molar-refractivity contribution is 5.66. The smallest absolute Gasteiger partial charge is 0.303 e. The first-order chi connectivity index (χ1) is 18.5. The summed E-state index contributed by atoms with van der Waals surface area (Å²) in [6.07, 6.45) is 32.1. The molecule has 6 nitrogen and oxygen atoms in total. The zero-order valence-electron chi connectivity index (χ0n) is 24.8. The largest absolute Gasteiger partial charge is 0.481 e. The number of hydrogen-bond donors (Lipinski definition) is 4. The molecule has 0 unspecified atom stereocenters. The summed E-state index contributed by atoms with van der Waals surface area (Å²) in [6.45, 7) is 0.679. The van der Waals surface area contributed by atoms with Gasteiger partial charge in [-0.05, 0) is 25.7 Å². The summed E-state index contributed by atoms with van der Waals surface area (Å²) in [5.74, 6) is -1.34. The molecule has 4 N–H and O–H groups in total. The Kier molecular flexibility index (Phi) is 36.8. The van der Waals surface area contributed by atoms with E-state index < -0.39 is 11.9 Å². The molecular weight excluding hydrogens is 480 g/mol. The van der Waals surface area contributed by atoms with Gasteiger partial charge in [-0.3, -0.25) is 9.59 Å². The number of carboxylic acids is 2. The summed E-state index contributed by atoms with van der Waals surface area (Å²) in [4.78, 5) is 20.6. The number of aliphatic hydroxyl groups excluding tert-OH is 2. The molecule has 0 radical (unpaired) electrons. The summed E-state index contributed by atoms with van der Waals surface area (Å²) < 4.78 is 0. The molecule has 0 rings (SSSR count). The fraction of sp³-hybridized carbons (Fsp3) is 0.938. The van der Waals surface area contributed by atoms with Crippen molar-refractivity contribution < 1.29 is 30.0 Å². The first-order valence-corrected chi connectivity index (χ1v) is 16.2. The molecule has 0 bridgehead atoms. The molecule has 6 heteroatoms. The van der Waals surface area contributed by atoms with Gasteiger partial charge in [0.15, 0.2) is 0 Å². The summed E-state index contributed by atoms with van der Waals surface area (Å²) in [5, 5.41) is 34.3. The minimum atomic E-state index is -0.668. The fourth-order valence-electron chi connectivity index (χ4n) is 4.67. The van der Waals surface area contributed by atoms with Crippen molar-refractivity contribution >= 4 is 11.9 Å². The molecule has 0 saturated carbocycles. The second-order valence-electron chi connectivity index (χ2n) is 10.9. The number of unbranched alkanes of at least 4 members (excludes halogenated alkanes) is 24. The molecule has 0 aliphatic rings. The van der Waals surface area contributed by atoms with Gasteiger partial charge in [0, 0.05) is 26.1 Å². The van der Waals surface area contributed by atoms with Crippen molar-refractivity contribution in [2.45, 2.75) is 180 Å². The Balaban J connectivity index is 0. The molecule has 0 heterocycles. The van der Waals surface area contributed by atoms with E-state index in [9.17, 15) is 9.59 Å². The first kappa shape index (κ1) is 39.0. The van der Waals surface area contributed by atoms with Crippen LogP contribution in [0.2, 0.25) is 0 Å². The van der Waals surface area contributed by atoms with Crippen molar-refractivity contribution in [3.8, 4) is 0 Å². The second-order valence-corrected chi connectivity index (χ2v) is 10.9. The maximum atomic E-state index is 10.3. The minimum Gasteiger partial charge on any atom is -0.481 e. The Morgan fingerprint density at radius 2 is 0.447 bits per heavy atom. The third-order valence-electron chi connectivity index (χ3n) is 7.10. The summed E-state index contributed by atoms with van der Waals surface area (Å²) >= 11 is 0. The Morgan fingerprint density at radius 3 is 0.605 bits per heavy atom. The molecule has 0 saturated heterocycles. The van der Waals surface area contributed by atoms with E-state index in [1.54, 1.807) is 0 Å². The van der Waals surface area contributed by atoms with Crippen LogP contribution >= 0.6 is 0 Å². The molecular formula is C32H64O6. The maximum Gasteiger partial charge on any atom is 0.303 e. The molecule has 38 heavy (non-hydrogen) atoms. The molecule has 0 aliphatic heterocycles. The lowest BCUT2D eigenvalue weighted by atomic mass is 10.0. The molecule has 0 aromatic carbocycles. The van der Waals surface area contributed by atoms with Gasteiger partial charge in [0.1, 0.15) is 0 Å². The molecule has 0 spiro atoms. The lowest BCUT2D eigenvalue weighted by molar-refractivity contribution is -0.138. The zero-order chi connectivity index (χ0) is 28.4. The summed E-state index contributed by atoms with van der Waals surface area (Å²) in [6, 6.07) is 0. The molecule has 0 fully saturated rings. The second kappa shape index (κ2) is 35.9. The molecule has 0 amide bonds. The van der Waals surface area contributed by atoms with Crippen molar-refractivity contribution in [1.82, 2.24) is 0 Å². The van der Waals surface area contributed by atoms with E-state index in [4.69, 9.17) is 20.4 Å². The molecule has 0 atom stereocenters. The average Bonchev–Trinajstić information content (AvgIpc) is 2.89. The number of aliphatic carboxylic acids is 2. The number of rotatable bonds is 30. The monoisotopic (exact) mass is 544 g/mol. The van der Waals surface area contributed by atoms with Gasteiger partial charge in [0.25, 0.3) is 0 Å². The van der Waals surface area contributed by atoms with Crippen LogP contribution in [0.3, 0.4) is 0 Å². The van der Waals surface area contributed by atoms with Crippen LogP contribution in [0, 0.1) is 0 Å². The van der Waals surface area contributed by atoms with Crippen molar-refractivity contribution in [2.75, 3.05) is 13.2 Å². The summed E-state index contributed by atoms with van der Waals surface area (Å²) in [5.41, 5.74) is 0. The molecule has 228 valence electrons. The highest BCUT2D eigenvalue weighted by Gasteiger charge is 1.98. The van der Waals surface area contributed by atoms with Gasteiger partial charge in [0.2, 0.25) is 0 Å². The van der Waals surface area contributed by atoms with Crippen LogP contribution in [-0.4, -0.2) is 45.6 Å². The fourth-order valence-corrected chi connectivity index (χ4v) is 4.67. The van der Waals surface area contributed by atoms with E-state index in [0.717, 1.165) is 38.5 Å². The summed E-state index contributed by atoms with van der Waals surface area (Å²) in [7, 11) is 0. The lowest BCUT2D eigenvalue weighted by Gasteiger charge is -2.02. The van der Waals surface area contributed by atoms with Crippen LogP contribution in [-0.2, 0) is 9.59 Å². The van der Waals surface area contributed by atoms with Crippen LogP contribution in [0.25, 0.3) is 0 Å². The van der Waals surface area contributed by atoms with Crippen LogP contribution in [0.4, 0.5) is 0 Å². The van der Waals surface area contributed by atoms with Gasteiger partial charge in [0.05, 0.1) is 0 Å². The van der Waals surface area contributed by atoms with Gasteiger partial charge in [-0.15, -0.1) is 0 Å². The van der Waals surface area contributed by atoms with Crippen molar-refractivity contribution in [2.24, 2.45) is 0 Å². The van der Waals surface area contributed by atoms with Crippen molar-refractivity contribution in [3.05, 3.63) is 0 Å². The zero-order valence-corrected chi connectivity index (χ0v) is 24.8.